The van der Waals surface area contributed by atoms with Gasteiger partial charge in [-0.05, 0) is 36.4 Å². The fourth-order valence-electron chi connectivity index (χ4n) is 1.83. The van der Waals surface area contributed by atoms with Gasteiger partial charge in [0.25, 0.3) is 0 Å². The Labute approximate surface area is 160 Å². The number of methoxy groups -OCH3 is 1. The largest absolute Gasteiger partial charge is 0.495 e. The van der Waals surface area contributed by atoms with Crippen LogP contribution in [0.3, 0.4) is 0 Å². The Morgan fingerprint density at radius 1 is 1.04 bits per heavy atom. The lowest BCUT2D eigenvalue weighted by molar-refractivity contribution is 0.414. The summed E-state index contributed by atoms with van der Waals surface area (Å²) in [6, 6.07) is 10.1. The molecule has 0 heterocycles. The first-order chi connectivity index (χ1) is 11.3. The van der Waals surface area contributed by atoms with Gasteiger partial charge in [0.1, 0.15) is 15.7 Å². The molecule has 0 amide bonds. The zero-order valence-electron chi connectivity index (χ0n) is 12.6. The maximum Gasteiger partial charge on any atom is 0.242 e. The monoisotopic (exact) mass is 425 g/mol. The van der Waals surface area contributed by atoms with E-state index in [0.717, 1.165) is 4.90 Å². The van der Waals surface area contributed by atoms with Crippen LogP contribution in [0.1, 0.15) is 0 Å². The average Bonchev–Trinajstić information content (AvgIpc) is 2.55. The van der Waals surface area contributed by atoms with Crippen LogP contribution in [0, 0.1) is 0 Å². The third-order valence-electron chi connectivity index (χ3n) is 3.00. The fraction of sp³-hybridized carbons (Fsp3) is 0.200. The summed E-state index contributed by atoms with van der Waals surface area (Å²) >= 11 is 19.4. The van der Waals surface area contributed by atoms with Crippen molar-refractivity contribution in [2.75, 3.05) is 19.4 Å². The zero-order valence-corrected chi connectivity index (χ0v) is 16.5. The molecule has 2 aromatic carbocycles. The SMILES string of the molecule is COc1ccc(S(=O)(=O)NCCSc2ccc(Cl)cc2)c(Cl)c1Cl. The molecule has 0 aliphatic heterocycles. The third-order valence-corrected chi connectivity index (χ3v) is 6.74. The van der Waals surface area contributed by atoms with Crippen molar-refractivity contribution < 1.29 is 13.2 Å². The number of thioether (sulfide) groups is 1. The summed E-state index contributed by atoms with van der Waals surface area (Å²) in [5, 5.41) is 0.664. The lowest BCUT2D eigenvalue weighted by atomic mass is 10.3. The summed E-state index contributed by atoms with van der Waals surface area (Å²) in [4.78, 5) is 0.926. The van der Waals surface area contributed by atoms with E-state index in [4.69, 9.17) is 39.5 Å². The number of hydrogen-bond donors (Lipinski definition) is 1. The van der Waals surface area contributed by atoms with Crippen LogP contribution in [-0.2, 0) is 10.0 Å². The van der Waals surface area contributed by atoms with Gasteiger partial charge in [0.15, 0.2) is 0 Å². The molecule has 0 bridgehead atoms. The van der Waals surface area contributed by atoms with Crippen molar-refractivity contribution in [2.24, 2.45) is 0 Å². The van der Waals surface area contributed by atoms with Crippen molar-refractivity contribution >= 4 is 56.6 Å². The Bertz CT molecular complexity index is 811. The third kappa shape index (κ3) is 4.94. The molecule has 0 unspecified atom stereocenters. The second-order valence-corrected chi connectivity index (χ2v) is 8.69. The van der Waals surface area contributed by atoms with Crippen LogP contribution in [-0.4, -0.2) is 27.8 Å². The average molecular weight is 427 g/mol. The predicted octanol–water partition coefficient (Wildman–Crippen LogP) is 4.73. The number of benzene rings is 2. The number of nitrogens with one attached hydrogen (secondary N) is 1. The Morgan fingerprint density at radius 2 is 1.71 bits per heavy atom. The van der Waals surface area contributed by atoms with Crippen molar-refractivity contribution in [2.45, 2.75) is 9.79 Å². The molecule has 0 aromatic heterocycles. The summed E-state index contributed by atoms with van der Waals surface area (Å²) < 4.78 is 32.2. The molecule has 2 aromatic rings. The van der Waals surface area contributed by atoms with Gasteiger partial charge in [-0.15, -0.1) is 11.8 Å². The maximum absolute atomic E-state index is 12.3. The molecule has 2 rings (SSSR count). The van der Waals surface area contributed by atoms with Crippen molar-refractivity contribution in [1.29, 1.82) is 0 Å². The first-order valence-electron chi connectivity index (χ1n) is 6.75. The number of rotatable bonds is 7. The molecule has 0 saturated heterocycles. The lowest BCUT2D eigenvalue weighted by Crippen LogP contribution is -2.26. The number of sulfonamides is 1. The standard InChI is InChI=1S/C15H14Cl3NO3S2/c1-22-12-6-7-13(15(18)14(12)17)24(20,21)19-8-9-23-11-4-2-10(16)3-5-11/h2-7,19H,8-9H2,1H3. The Balaban J connectivity index is 1.99. The van der Waals surface area contributed by atoms with E-state index >= 15 is 0 Å². The summed E-state index contributed by atoms with van der Waals surface area (Å²) in [6.45, 7) is 0.246. The first kappa shape index (κ1) is 19.7. The molecule has 24 heavy (non-hydrogen) atoms. The van der Waals surface area contributed by atoms with Crippen LogP contribution in [0.25, 0.3) is 0 Å². The van der Waals surface area contributed by atoms with E-state index in [9.17, 15) is 8.42 Å². The van der Waals surface area contributed by atoms with E-state index in [1.807, 2.05) is 12.1 Å². The van der Waals surface area contributed by atoms with E-state index in [-0.39, 0.29) is 21.5 Å². The highest BCUT2D eigenvalue weighted by Gasteiger charge is 2.21. The minimum atomic E-state index is -3.76. The van der Waals surface area contributed by atoms with Crippen molar-refractivity contribution in [1.82, 2.24) is 4.72 Å². The number of ether oxygens (including phenoxy) is 1. The van der Waals surface area contributed by atoms with E-state index < -0.39 is 10.0 Å². The molecule has 1 N–H and O–H groups in total. The quantitative estimate of drug-likeness (QED) is 0.514. The summed E-state index contributed by atoms with van der Waals surface area (Å²) in [7, 11) is -2.33. The van der Waals surface area contributed by atoms with Gasteiger partial charge in [0, 0.05) is 22.2 Å². The Morgan fingerprint density at radius 3 is 2.33 bits per heavy atom. The predicted molar refractivity (Wildman–Crippen MR) is 100 cm³/mol. The van der Waals surface area contributed by atoms with Crippen LogP contribution in [0.5, 0.6) is 5.75 Å². The Kier molecular flexibility index (Phi) is 7.10. The molecule has 0 aliphatic carbocycles. The van der Waals surface area contributed by atoms with Crippen LogP contribution in [0.2, 0.25) is 15.1 Å². The van der Waals surface area contributed by atoms with E-state index in [1.165, 1.54) is 31.0 Å². The second kappa shape index (κ2) is 8.65. The minimum Gasteiger partial charge on any atom is -0.495 e. The highest BCUT2D eigenvalue weighted by Crippen LogP contribution is 2.36. The highest BCUT2D eigenvalue weighted by molar-refractivity contribution is 7.99. The highest BCUT2D eigenvalue weighted by atomic mass is 35.5. The van der Waals surface area contributed by atoms with Gasteiger partial charge in [-0.25, -0.2) is 13.1 Å². The molecule has 0 radical (unpaired) electrons. The molecule has 0 aliphatic rings. The molecule has 0 fully saturated rings. The molecule has 0 atom stereocenters. The maximum atomic E-state index is 12.3. The topological polar surface area (TPSA) is 55.4 Å². The van der Waals surface area contributed by atoms with Gasteiger partial charge in [0.2, 0.25) is 10.0 Å². The smallest absolute Gasteiger partial charge is 0.242 e. The molecule has 4 nitrogen and oxygen atoms in total. The van der Waals surface area contributed by atoms with E-state index in [2.05, 4.69) is 4.72 Å². The van der Waals surface area contributed by atoms with Crippen molar-refractivity contribution in [3.8, 4) is 5.75 Å². The Hall–Kier alpha value is -0.630. The van der Waals surface area contributed by atoms with Crippen LogP contribution >= 0.6 is 46.6 Å². The first-order valence-corrected chi connectivity index (χ1v) is 10.4. The minimum absolute atomic E-state index is 0.0612. The van der Waals surface area contributed by atoms with Crippen LogP contribution < -0.4 is 9.46 Å². The van der Waals surface area contributed by atoms with E-state index in [1.54, 1.807) is 12.1 Å². The molecule has 0 spiro atoms. The van der Waals surface area contributed by atoms with Gasteiger partial charge in [-0.3, -0.25) is 0 Å². The zero-order chi connectivity index (χ0) is 17.7. The number of halogens is 3. The molecule has 130 valence electrons. The van der Waals surface area contributed by atoms with Crippen molar-refractivity contribution in [3.63, 3.8) is 0 Å². The van der Waals surface area contributed by atoms with Crippen LogP contribution in [0.4, 0.5) is 0 Å². The summed E-state index contributed by atoms with van der Waals surface area (Å²) in [6.07, 6.45) is 0. The van der Waals surface area contributed by atoms with Gasteiger partial charge >= 0.3 is 0 Å². The fourth-order valence-corrected chi connectivity index (χ4v) is 4.73. The molecule has 0 saturated carbocycles. The lowest BCUT2D eigenvalue weighted by Gasteiger charge is -2.11. The second-order valence-electron chi connectivity index (χ2n) is 4.59. The molecule has 9 heteroatoms. The molecular weight excluding hydrogens is 413 g/mol. The van der Waals surface area contributed by atoms with Crippen LogP contribution in [0.15, 0.2) is 46.2 Å². The summed E-state index contributed by atoms with van der Waals surface area (Å²) in [5.41, 5.74) is 0. The van der Waals surface area contributed by atoms with Gasteiger partial charge in [0.05, 0.1) is 12.1 Å². The molecular formula is C15H14Cl3NO3S2. The van der Waals surface area contributed by atoms with Gasteiger partial charge in [-0.1, -0.05) is 34.8 Å². The number of hydrogen-bond acceptors (Lipinski definition) is 4. The van der Waals surface area contributed by atoms with Gasteiger partial charge < -0.3 is 4.74 Å². The summed E-state index contributed by atoms with van der Waals surface area (Å²) in [5.74, 6) is 0.876. The van der Waals surface area contributed by atoms with E-state index in [0.29, 0.717) is 16.5 Å². The van der Waals surface area contributed by atoms with Crippen molar-refractivity contribution in [3.05, 3.63) is 51.5 Å². The normalized spacial score (nSPS) is 11.5. The van der Waals surface area contributed by atoms with Gasteiger partial charge in [-0.2, -0.15) is 0 Å².